The molecule has 0 spiro atoms. The van der Waals surface area contributed by atoms with Crippen molar-refractivity contribution in [2.75, 3.05) is 6.61 Å². The Morgan fingerprint density at radius 1 is 1.47 bits per heavy atom. The Balaban J connectivity index is 2.55. The maximum atomic E-state index is 6.15. The van der Waals surface area contributed by atoms with Gasteiger partial charge in [-0.2, -0.15) is 0 Å². The Bertz CT molecular complexity index is 346. The number of hydrogen-bond donors (Lipinski definition) is 0. The molecule has 0 bridgehead atoms. The molecule has 0 aromatic carbocycles. The molecule has 0 saturated heterocycles. The fraction of sp³-hybridized carbons (Fsp3) is 0.467. The van der Waals surface area contributed by atoms with Crippen molar-refractivity contribution in [3.63, 3.8) is 0 Å². The molecular formula is C15H21ClO. The summed E-state index contributed by atoms with van der Waals surface area (Å²) in [6.45, 7) is 8.48. The van der Waals surface area contributed by atoms with Crippen LogP contribution in [0.1, 0.15) is 33.1 Å². The van der Waals surface area contributed by atoms with Crippen LogP contribution in [-0.4, -0.2) is 6.61 Å². The van der Waals surface area contributed by atoms with E-state index in [4.69, 9.17) is 16.3 Å². The molecule has 94 valence electrons. The average Bonchev–Trinajstić information content (AvgIpc) is 2.30. The van der Waals surface area contributed by atoms with Crippen LogP contribution in [0.5, 0.6) is 0 Å². The molecule has 1 atom stereocenters. The lowest BCUT2D eigenvalue weighted by atomic mass is 9.95. The summed E-state index contributed by atoms with van der Waals surface area (Å²) in [5.41, 5.74) is 1.15. The molecule has 0 radical (unpaired) electrons. The second-order valence-corrected chi connectivity index (χ2v) is 5.01. The zero-order valence-electron chi connectivity index (χ0n) is 10.7. The summed E-state index contributed by atoms with van der Waals surface area (Å²) in [5.74, 6) is 1.29. The van der Waals surface area contributed by atoms with E-state index in [0.717, 1.165) is 25.0 Å². The topological polar surface area (TPSA) is 9.23 Å². The second kappa shape index (κ2) is 7.39. The minimum Gasteiger partial charge on any atom is -0.492 e. The van der Waals surface area contributed by atoms with Gasteiger partial charge in [-0.1, -0.05) is 35.9 Å². The predicted molar refractivity (Wildman–Crippen MR) is 74.9 cm³/mol. The smallest absolute Gasteiger partial charge is 0.137 e. The molecule has 2 heteroatoms. The third-order valence-corrected chi connectivity index (χ3v) is 2.98. The highest BCUT2D eigenvalue weighted by Gasteiger charge is 2.11. The number of allylic oxidation sites excluding steroid dienone is 6. The van der Waals surface area contributed by atoms with Crippen molar-refractivity contribution in [2.24, 2.45) is 5.92 Å². The van der Waals surface area contributed by atoms with Crippen molar-refractivity contribution < 1.29 is 4.74 Å². The van der Waals surface area contributed by atoms with Gasteiger partial charge in [0.25, 0.3) is 0 Å². The highest BCUT2D eigenvalue weighted by molar-refractivity contribution is 6.31. The molecule has 0 heterocycles. The van der Waals surface area contributed by atoms with Crippen LogP contribution in [0.25, 0.3) is 0 Å². The van der Waals surface area contributed by atoms with Gasteiger partial charge in [0.2, 0.25) is 0 Å². The first-order chi connectivity index (χ1) is 8.13. The third kappa shape index (κ3) is 5.27. The van der Waals surface area contributed by atoms with E-state index < -0.39 is 0 Å². The molecular weight excluding hydrogens is 232 g/mol. The highest BCUT2D eigenvalue weighted by Crippen LogP contribution is 2.21. The van der Waals surface area contributed by atoms with Gasteiger partial charge in [-0.3, -0.25) is 0 Å². The van der Waals surface area contributed by atoms with E-state index in [1.165, 1.54) is 6.42 Å². The van der Waals surface area contributed by atoms with Crippen molar-refractivity contribution >= 4 is 11.6 Å². The molecule has 0 aromatic rings. The van der Waals surface area contributed by atoms with E-state index in [-0.39, 0.29) is 0 Å². The van der Waals surface area contributed by atoms with Crippen LogP contribution in [-0.2, 0) is 4.74 Å². The van der Waals surface area contributed by atoms with Gasteiger partial charge in [-0.25, -0.2) is 0 Å². The first-order valence-corrected chi connectivity index (χ1v) is 6.46. The molecule has 1 nitrogen and oxygen atoms in total. The number of hydrogen-bond acceptors (Lipinski definition) is 1. The maximum Gasteiger partial charge on any atom is 0.137 e. The minimum absolute atomic E-state index is 0.603. The average molecular weight is 253 g/mol. The summed E-state index contributed by atoms with van der Waals surface area (Å²) >= 11 is 6.15. The molecule has 0 N–H and O–H groups in total. The summed E-state index contributed by atoms with van der Waals surface area (Å²) in [7, 11) is 0. The molecule has 0 fully saturated rings. The Labute approximate surface area is 110 Å². The lowest BCUT2D eigenvalue weighted by molar-refractivity contribution is 0.168. The lowest BCUT2D eigenvalue weighted by Gasteiger charge is -2.18. The molecule has 1 unspecified atom stereocenters. The normalized spacial score (nSPS) is 20.5. The molecule has 0 amide bonds. The molecule has 1 aliphatic rings. The Morgan fingerprint density at radius 2 is 2.24 bits per heavy atom. The van der Waals surface area contributed by atoms with Crippen LogP contribution >= 0.6 is 11.6 Å². The molecule has 0 aliphatic heterocycles. The van der Waals surface area contributed by atoms with Crippen molar-refractivity contribution in [1.82, 2.24) is 0 Å². The van der Waals surface area contributed by atoms with Gasteiger partial charge in [-0.05, 0) is 51.2 Å². The molecule has 0 aromatic heterocycles. The van der Waals surface area contributed by atoms with Crippen LogP contribution in [0.15, 0.2) is 47.2 Å². The molecule has 1 rings (SSSR count). The van der Waals surface area contributed by atoms with Crippen LogP contribution in [0.2, 0.25) is 0 Å². The first-order valence-electron chi connectivity index (χ1n) is 6.08. The van der Waals surface area contributed by atoms with Gasteiger partial charge in [0.15, 0.2) is 0 Å². The lowest BCUT2D eigenvalue weighted by Crippen LogP contribution is -2.10. The largest absolute Gasteiger partial charge is 0.492 e. The fourth-order valence-electron chi connectivity index (χ4n) is 1.77. The number of halogens is 1. The van der Waals surface area contributed by atoms with Crippen molar-refractivity contribution in [3.05, 3.63) is 47.2 Å². The van der Waals surface area contributed by atoms with Gasteiger partial charge >= 0.3 is 0 Å². The minimum atomic E-state index is 0.603. The third-order valence-electron chi connectivity index (χ3n) is 2.69. The van der Waals surface area contributed by atoms with Crippen LogP contribution in [0.4, 0.5) is 0 Å². The highest BCUT2D eigenvalue weighted by atomic mass is 35.5. The monoisotopic (exact) mass is 252 g/mol. The second-order valence-electron chi connectivity index (χ2n) is 4.60. The summed E-state index contributed by atoms with van der Waals surface area (Å²) in [5, 5.41) is 0.631. The van der Waals surface area contributed by atoms with Crippen LogP contribution in [0, 0.1) is 5.92 Å². The van der Waals surface area contributed by atoms with Gasteiger partial charge in [0, 0.05) is 0 Å². The van der Waals surface area contributed by atoms with Crippen molar-refractivity contribution in [3.8, 4) is 0 Å². The standard InChI is InChI=1S/C15H21ClO/c1-4-15(14(16)10-12(2)3)17-11-13-8-6-5-7-9-13/h4-6,10,13H,1,7-9,11H2,2-3H3/b15-14-. The van der Waals surface area contributed by atoms with Crippen molar-refractivity contribution in [1.29, 1.82) is 0 Å². The zero-order valence-corrected chi connectivity index (χ0v) is 11.5. The van der Waals surface area contributed by atoms with Crippen LogP contribution < -0.4 is 0 Å². The summed E-state index contributed by atoms with van der Waals surface area (Å²) in [4.78, 5) is 0. The molecule has 1 aliphatic carbocycles. The van der Waals surface area contributed by atoms with Gasteiger partial charge in [-0.15, -0.1) is 0 Å². The zero-order chi connectivity index (χ0) is 12.7. The molecule has 17 heavy (non-hydrogen) atoms. The van der Waals surface area contributed by atoms with E-state index in [1.807, 2.05) is 19.9 Å². The van der Waals surface area contributed by atoms with Crippen LogP contribution in [0.3, 0.4) is 0 Å². The van der Waals surface area contributed by atoms with E-state index in [9.17, 15) is 0 Å². The quantitative estimate of drug-likeness (QED) is 0.382. The predicted octanol–water partition coefficient (Wildman–Crippen LogP) is 4.96. The fourth-order valence-corrected chi connectivity index (χ4v) is 2.12. The Hall–Kier alpha value is -0.950. The number of ether oxygens (including phenoxy) is 1. The van der Waals surface area contributed by atoms with Crippen molar-refractivity contribution in [2.45, 2.75) is 33.1 Å². The van der Waals surface area contributed by atoms with Gasteiger partial charge in [0.1, 0.15) is 5.76 Å². The number of rotatable bonds is 5. The summed E-state index contributed by atoms with van der Waals surface area (Å²) in [6.07, 6.45) is 11.5. The van der Waals surface area contributed by atoms with Gasteiger partial charge < -0.3 is 4.74 Å². The van der Waals surface area contributed by atoms with Gasteiger partial charge in [0.05, 0.1) is 11.6 Å². The summed E-state index contributed by atoms with van der Waals surface area (Å²) < 4.78 is 5.74. The first kappa shape index (κ1) is 14.1. The van der Waals surface area contributed by atoms with E-state index in [2.05, 4.69) is 18.7 Å². The SMILES string of the molecule is C=C/C(OCC1CC=CCC1)=C(/Cl)C=C(C)C. The van der Waals surface area contributed by atoms with E-state index >= 15 is 0 Å². The van der Waals surface area contributed by atoms with E-state index in [0.29, 0.717) is 16.7 Å². The Kier molecular flexibility index (Phi) is 6.13. The summed E-state index contributed by atoms with van der Waals surface area (Å²) in [6, 6.07) is 0. The maximum absolute atomic E-state index is 6.15. The Morgan fingerprint density at radius 3 is 2.76 bits per heavy atom. The van der Waals surface area contributed by atoms with E-state index in [1.54, 1.807) is 6.08 Å². The molecule has 0 saturated carbocycles.